The number of halogens is 1. The highest BCUT2D eigenvalue weighted by Crippen LogP contribution is 2.32. The van der Waals surface area contributed by atoms with Crippen molar-refractivity contribution in [2.75, 3.05) is 33.0 Å². The molecule has 0 aromatic heterocycles. The largest absolute Gasteiger partial charge is 0.454 e. The maximum absolute atomic E-state index is 13.2. The SMILES string of the molecule is CCNC(=NCCc1ccc2c(c1)OCO2)NCCNC(=O)Cc1cccc(F)c1. The van der Waals surface area contributed by atoms with Gasteiger partial charge in [0.05, 0.1) is 6.42 Å². The van der Waals surface area contributed by atoms with Gasteiger partial charge in [-0.1, -0.05) is 18.2 Å². The lowest BCUT2D eigenvalue weighted by Crippen LogP contribution is -2.41. The fourth-order valence-electron chi connectivity index (χ4n) is 3.01. The molecule has 2 aromatic rings. The Morgan fingerprint density at radius 1 is 1.03 bits per heavy atom. The van der Waals surface area contributed by atoms with E-state index in [-0.39, 0.29) is 24.9 Å². The standard InChI is InChI=1S/C22H27FN4O3/c1-2-24-22(26-9-8-16-6-7-19-20(13-16)30-15-29-19)27-11-10-25-21(28)14-17-4-3-5-18(23)12-17/h3-7,12-13H,2,8-11,14-15H2,1H3,(H,25,28)(H2,24,26,27). The highest BCUT2D eigenvalue weighted by Gasteiger charge is 2.12. The number of carbonyl (C=O) groups excluding carboxylic acids is 1. The number of hydrogen-bond donors (Lipinski definition) is 3. The Morgan fingerprint density at radius 2 is 1.87 bits per heavy atom. The molecule has 1 heterocycles. The molecular formula is C22H27FN4O3. The number of amides is 1. The van der Waals surface area contributed by atoms with Crippen LogP contribution in [0.4, 0.5) is 4.39 Å². The van der Waals surface area contributed by atoms with E-state index >= 15 is 0 Å². The Balaban J connectivity index is 1.38. The molecule has 0 saturated heterocycles. The number of nitrogens with zero attached hydrogens (tertiary/aromatic N) is 1. The zero-order chi connectivity index (χ0) is 21.2. The predicted molar refractivity (Wildman–Crippen MR) is 113 cm³/mol. The molecule has 0 saturated carbocycles. The summed E-state index contributed by atoms with van der Waals surface area (Å²) in [4.78, 5) is 16.5. The van der Waals surface area contributed by atoms with Gasteiger partial charge in [-0.05, 0) is 48.7 Å². The van der Waals surface area contributed by atoms with Crippen LogP contribution in [0.1, 0.15) is 18.1 Å². The first-order valence-electron chi connectivity index (χ1n) is 10.1. The van der Waals surface area contributed by atoms with Crippen molar-refractivity contribution in [1.82, 2.24) is 16.0 Å². The van der Waals surface area contributed by atoms with E-state index in [1.807, 2.05) is 25.1 Å². The first kappa shape index (κ1) is 21.4. The van der Waals surface area contributed by atoms with Crippen LogP contribution in [0.15, 0.2) is 47.5 Å². The van der Waals surface area contributed by atoms with Crippen LogP contribution < -0.4 is 25.4 Å². The van der Waals surface area contributed by atoms with E-state index in [0.29, 0.717) is 31.2 Å². The van der Waals surface area contributed by atoms with E-state index in [0.717, 1.165) is 30.0 Å². The average Bonchev–Trinajstić information content (AvgIpc) is 3.19. The lowest BCUT2D eigenvalue weighted by atomic mass is 10.1. The summed E-state index contributed by atoms with van der Waals surface area (Å²) in [5.74, 6) is 1.76. The molecule has 0 bridgehead atoms. The fraction of sp³-hybridized carbons (Fsp3) is 0.364. The van der Waals surface area contributed by atoms with E-state index in [1.165, 1.54) is 12.1 Å². The summed E-state index contributed by atoms with van der Waals surface area (Å²) >= 11 is 0. The Labute approximate surface area is 175 Å². The number of nitrogens with one attached hydrogen (secondary N) is 3. The van der Waals surface area contributed by atoms with Crippen molar-refractivity contribution in [2.45, 2.75) is 19.8 Å². The lowest BCUT2D eigenvalue weighted by Gasteiger charge is -2.12. The van der Waals surface area contributed by atoms with Crippen LogP contribution in [0.3, 0.4) is 0 Å². The second kappa shape index (κ2) is 11.0. The summed E-state index contributed by atoms with van der Waals surface area (Å²) in [6.07, 6.45) is 0.930. The summed E-state index contributed by atoms with van der Waals surface area (Å²) in [6.45, 7) is 4.59. The minimum atomic E-state index is -0.339. The second-order valence-corrected chi connectivity index (χ2v) is 6.78. The predicted octanol–water partition coefficient (Wildman–Crippen LogP) is 2.01. The maximum Gasteiger partial charge on any atom is 0.231 e. The Bertz CT molecular complexity index is 888. The van der Waals surface area contributed by atoms with E-state index in [4.69, 9.17) is 9.47 Å². The van der Waals surface area contributed by atoms with Gasteiger partial charge in [-0.3, -0.25) is 9.79 Å². The van der Waals surface area contributed by atoms with E-state index in [9.17, 15) is 9.18 Å². The van der Waals surface area contributed by atoms with E-state index in [2.05, 4.69) is 20.9 Å². The maximum atomic E-state index is 13.2. The van der Waals surface area contributed by atoms with Crippen LogP contribution in [0.5, 0.6) is 11.5 Å². The third-order valence-electron chi connectivity index (χ3n) is 4.44. The van der Waals surface area contributed by atoms with Gasteiger partial charge < -0.3 is 25.4 Å². The lowest BCUT2D eigenvalue weighted by molar-refractivity contribution is -0.120. The van der Waals surface area contributed by atoms with Crippen molar-refractivity contribution in [1.29, 1.82) is 0 Å². The number of benzene rings is 2. The molecule has 0 unspecified atom stereocenters. The number of carbonyl (C=O) groups is 1. The van der Waals surface area contributed by atoms with Crippen LogP contribution in [0, 0.1) is 5.82 Å². The Morgan fingerprint density at radius 3 is 2.70 bits per heavy atom. The smallest absolute Gasteiger partial charge is 0.231 e. The van der Waals surface area contributed by atoms with Gasteiger partial charge in [0.15, 0.2) is 17.5 Å². The molecule has 3 N–H and O–H groups in total. The summed E-state index contributed by atoms with van der Waals surface area (Å²) in [7, 11) is 0. The van der Waals surface area contributed by atoms with Gasteiger partial charge >= 0.3 is 0 Å². The molecule has 1 aliphatic rings. The summed E-state index contributed by atoms with van der Waals surface area (Å²) in [6, 6.07) is 12.0. The normalized spacial score (nSPS) is 12.5. The Kier molecular flexibility index (Phi) is 7.88. The molecule has 30 heavy (non-hydrogen) atoms. The molecule has 2 aromatic carbocycles. The van der Waals surface area contributed by atoms with Crippen molar-refractivity contribution in [3.8, 4) is 11.5 Å². The molecule has 0 spiro atoms. The van der Waals surface area contributed by atoms with Gasteiger partial charge in [-0.25, -0.2) is 4.39 Å². The first-order chi connectivity index (χ1) is 14.6. The van der Waals surface area contributed by atoms with Gasteiger partial charge in [0.2, 0.25) is 12.7 Å². The van der Waals surface area contributed by atoms with Crippen LogP contribution in [-0.2, 0) is 17.6 Å². The fourth-order valence-corrected chi connectivity index (χ4v) is 3.01. The van der Waals surface area contributed by atoms with Gasteiger partial charge in [0.1, 0.15) is 5.82 Å². The van der Waals surface area contributed by atoms with Crippen molar-refractivity contribution >= 4 is 11.9 Å². The number of guanidine groups is 1. The summed E-state index contributed by atoms with van der Waals surface area (Å²) < 4.78 is 23.9. The molecule has 1 aliphatic heterocycles. The molecule has 0 fully saturated rings. The van der Waals surface area contributed by atoms with Crippen LogP contribution in [0.25, 0.3) is 0 Å². The minimum absolute atomic E-state index is 0.146. The molecule has 3 rings (SSSR count). The number of hydrogen-bond acceptors (Lipinski definition) is 4. The monoisotopic (exact) mass is 414 g/mol. The van der Waals surface area contributed by atoms with E-state index in [1.54, 1.807) is 12.1 Å². The third-order valence-corrected chi connectivity index (χ3v) is 4.44. The van der Waals surface area contributed by atoms with Crippen molar-refractivity contribution in [3.63, 3.8) is 0 Å². The zero-order valence-electron chi connectivity index (χ0n) is 17.0. The molecule has 160 valence electrons. The summed E-state index contributed by atoms with van der Waals surface area (Å²) in [5, 5.41) is 9.20. The van der Waals surface area contributed by atoms with Gasteiger partial charge in [-0.15, -0.1) is 0 Å². The first-order valence-corrected chi connectivity index (χ1v) is 10.1. The Hall–Kier alpha value is -3.29. The number of fused-ring (bicyclic) bond motifs is 1. The summed E-state index contributed by atoms with van der Waals surface area (Å²) in [5.41, 5.74) is 1.78. The number of rotatable bonds is 9. The van der Waals surface area contributed by atoms with E-state index < -0.39 is 0 Å². The second-order valence-electron chi connectivity index (χ2n) is 6.78. The highest BCUT2D eigenvalue weighted by molar-refractivity contribution is 5.80. The molecule has 0 radical (unpaired) electrons. The molecule has 0 aliphatic carbocycles. The van der Waals surface area contributed by atoms with Crippen LogP contribution in [0.2, 0.25) is 0 Å². The van der Waals surface area contributed by atoms with Gasteiger partial charge in [0.25, 0.3) is 0 Å². The zero-order valence-corrected chi connectivity index (χ0v) is 17.0. The molecule has 1 amide bonds. The van der Waals surface area contributed by atoms with Gasteiger partial charge in [0, 0.05) is 26.2 Å². The molecule has 8 heteroatoms. The molecule has 7 nitrogen and oxygen atoms in total. The highest BCUT2D eigenvalue weighted by atomic mass is 19.1. The molecule has 0 atom stereocenters. The van der Waals surface area contributed by atoms with Crippen molar-refractivity contribution in [2.24, 2.45) is 4.99 Å². The topological polar surface area (TPSA) is 84.0 Å². The number of ether oxygens (including phenoxy) is 2. The van der Waals surface area contributed by atoms with Crippen LogP contribution >= 0.6 is 0 Å². The van der Waals surface area contributed by atoms with Crippen molar-refractivity contribution in [3.05, 3.63) is 59.4 Å². The quantitative estimate of drug-likeness (QED) is 0.332. The number of aliphatic imine (C=N–C) groups is 1. The minimum Gasteiger partial charge on any atom is -0.454 e. The van der Waals surface area contributed by atoms with Crippen molar-refractivity contribution < 1.29 is 18.7 Å². The average molecular weight is 414 g/mol. The van der Waals surface area contributed by atoms with Crippen LogP contribution in [-0.4, -0.2) is 44.8 Å². The van der Waals surface area contributed by atoms with Gasteiger partial charge in [-0.2, -0.15) is 0 Å². The molecular weight excluding hydrogens is 387 g/mol. The third kappa shape index (κ3) is 6.65.